The van der Waals surface area contributed by atoms with Crippen molar-refractivity contribution in [2.75, 3.05) is 25.7 Å². The van der Waals surface area contributed by atoms with Gasteiger partial charge in [-0.25, -0.2) is 0 Å². The standard InChI is InChI=1S/C16H15NO3/c1-17-13-9-11(7-8-15(13)20-10-16(17)18)12-5-3-4-6-14(12)19-2/h3-9H,10H2,1-2H3. The van der Waals surface area contributed by atoms with Crippen molar-refractivity contribution in [1.82, 2.24) is 0 Å². The largest absolute Gasteiger partial charge is 0.496 e. The van der Waals surface area contributed by atoms with Crippen molar-refractivity contribution in [2.24, 2.45) is 0 Å². The van der Waals surface area contributed by atoms with Crippen LogP contribution < -0.4 is 14.4 Å². The molecule has 1 amide bonds. The molecule has 0 radical (unpaired) electrons. The zero-order chi connectivity index (χ0) is 14.1. The van der Waals surface area contributed by atoms with E-state index >= 15 is 0 Å². The molecule has 0 N–H and O–H groups in total. The zero-order valence-electron chi connectivity index (χ0n) is 11.4. The number of anilines is 1. The van der Waals surface area contributed by atoms with Crippen molar-refractivity contribution < 1.29 is 14.3 Å². The van der Waals surface area contributed by atoms with Crippen molar-refractivity contribution in [1.29, 1.82) is 0 Å². The van der Waals surface area contributed by atoms with Crippen molar-refractivity contribution in [3.05, 3.63) is 42.5 Å². The van der Waals surface area contributed by atoms with E-state index in [1.807, 2.05) is 42.5 Å². The number of hydrogen-bond acceptors (Lipinski definition) is 3. The molecule has 0 atom stereocenters. The molecular weight excluding hydrogens is 254 g/mol. The maximum atomic E-state index is 11.7. The van der Waals surface area contributed by atoms with Gasteiger partial charge in [0.05, 0.1) is 12.8 Å². The maximum Gasteiger partial charge on any atom is 0.264 e. The minimum absolute atomic E-state index is 0.0466. The lowest BCUT2D eigenvalue weighted by Crippen LogP contribution is -2.35. The molecule has 20 heavy (non-hydrogen) atoms. The topological polar surface area (TPSA) is 38.8 Å². The van der Waals surface area contributed by atoms with Gasteiger partial charge in [0.2, 0.25) is 0 Å². The predicted molar refractivity (Wildman–Crippen MR) is 77.3 cm³/mol. The van der Waals surface area contributed by atoms with E-state index < -0.39 is 0 Å². The summed E-state index contributed by atoms with van der Waals surface area (Å²) in [7, 11) is 3.41. The van der Waals surface area contributed by atoms with E-state index in [0.717, 1.165) is 28.3 Å². The van der Waals surface area contributed by atoms with Gasteiger partial charge in [-0.05, 0) is 23.8 Å². The van der Waals surface area contributed by atoms with E-state index in [0.29, 0.717) is 0 Å². The van der Waals surface area contributed by atoms with E-state index in [9.17, 15) is 4.79 Å². The number of nitrogens with zero attached hydrogens (tertiary/aromatic N) is 1. The maximum absolute atomic E-state index is 11.7. The van der Waals surface area contributed by atoms with Crippen LogP contribution in [0.25, 0.3) is 11.1 Å². The highest BCUT2D eigenvalue weighted by molar-refractivity contribution is 5.98. The normalized spacial score (nSPS) is 13.7. The lowest BCUT2D eigenvalue weighted by Gasteiger charge is -2.26. The third kappa shape index (κ3) is 1.99. The summed E-state index contributed by atoms with van der Waals surface area (Å²) >= 11 is 0. The lowest BCUT2D eigenvalue weighted by molar-refractivity contribution is -0.120. The number of methoxy groups -OCH3 is 1. The highest BCUT2D eigenvalue weighted by Crippen LogP contribution is 2.37. The van der Waals surface area contributed by atoms with Crippen LogP contribution in [0, 0.1) is 0 Å². The fourth-order valence-corrected chi connectivity index (χ4v) is 2.32. The molecule has 3 rings (SSSR count). The van der Waals surface area contributed by atoms with Gasteiger partial charge in [0.1, 0.15) is 11.5 Å². The Bertz CT molecular complexity index is 667. The average Bonchev–Trinajstić information content (AvgIpc) is 2.51. The van der Waals surface area contributed by atoms with Crippen LogP contribution in [0.1, 0.15) is 0 Å². The Kier molecular flexibility index (Phi) is 3.06. The molecule has 1 aliphatic rings. The van der Waals surface area contributed by atoms with Crippen molar-refractivity contribution in [3.8, 4) is 22.6 Å². The van der Waals surface area contributed by atoms with Crippen molar-refractivity contribution >= 4 is 11.6 Å². The summed E-state index contributed by atoms with van der Waals surface area (Å²) < 4.78 is 10.8. The number of para-hydroxylation sites is 1. The van der Waals surface area contributed by atoms with Crippen LogP contribution >= 0.6 is 0 Å². The van der Waals surface area contributed by atoms with Crippen LogP contribution in [-0.4, -0.2) is 26.7 Å². The van der Waals surface area contributed by atoms with E-state index in [1.165, 1.54) is 0 Å². The Morgan fingerprint density at radius 3 is 2.80 bits per heavy atom. The van der Waals surface area contributed by atoms with E-state index in [2.05, 4.69) is 0 Å². The fraction of sp³-hybridized carbons (Fsp3) is 0.188. The van der Waals surface area contributed by atoms with Crippen LogP contribution in [0.2, 0.25) is 0 Å². The van der Waals surface area contributed by atoms with Gasteiger partial charge in [0.25, 0.3) is 5.91 Å². The summed E-state index contributed by atoms with van der Waals surface area (Å²) in [5.41, 5.74) is 2.76. The fourth-order valence-electron chi connectivity index (χ4n) is 2.32. The molecule has 2 aromatic carbocycles. The molecule has 0 unspecified atom stereocenters. The molecule has 0 fully saturated rings. The molecule has 1 heterocycles. The summed E-state index contributed by atoms with van der Waals surface area (Å²) in [6.45, 7) is 0.0947. The number of hydrogen-bond donors (Lipinski definition) is 0. The second kappa shape index (κ2) is 4.89. The molecule has 0 saturated carbocycles. The minimum atomic E-state index is -0.0466. The number of rotatable bonds is 2. The first kappa shape index (κ1) is 12.5. The van der Waals surface area contributed by atoms with Gasteiger partial charge >= 0.3 is 0 Å². The Labute approximate surface area is 117 Å². The molecule has 0 spiro atoms. The highest BCUT2D eigenvalue weighted by Gasteiger charge is 2.22. The Morgan fingerprint density at radius 1 is 1.20 bits per heavy atom. The van der Waals surface area contributed by atoms with Gasteiger partial charge in [-0.3, -0.25) is 4.79 Å². The van der Waals surface area contributed by atoms with Crippen LogP contribution in [0.4, 0.5) is 5.69 Å². The molecule has 1 aliphatic heterocycles. The third-order valence-electron chi connectivity index (χ3n) is 3.46. The molecule has 0 aliphatic carbocycles. The predicted octanol–water partition coefficient (Wildman–Crippen LogP) is 2.72. The van der Waals surface area contributed by atoms with Crippen LogP contribution in [-0.2, 0) is 4.79 Å². The van der Waals surface area contributed by atoms with Crippen LogP contribution in [0.15, 0.2) is 42.5 Å². The minimum Gasteiger partial charge on any atom is -0.496 e. The Balaban J connectivity index is 2.10. The number of carbonyl (C=O) groups is 1. The lowest BCUT2D eigenvalue weighted by atomic mass is 10.0. The number of fused-ring (bicyclic) bond motifs is 1. The number of carbonyl (C=O) groups excluding carboxylic acids is 1. The first-order chi connectivity index (χ1) is 9.70. The molecule has 0 saturated heterocycles. The molecule has 0 bridgehead atoms. The van der Waals surface area contributed by atoms with Gasteiger partial charge in [0, 0.05) is 12.6 Å². The van der Waals surface area contributed by atoms with Gasteiger partial charge in [0.15, 0.2) is 6.61 Å². The SMILES string of the molecule is COc1ccccc1-c1ccc2c(c1)N(C)C(=O)CO2. The second-order valence-corrected chi connectivity index (χ2v) is 4.62. The number of ether oxygens (including phenoxy) is 2. The summed E-state index contributed by atoms with van der Waals surface area (Å²) in [6, 6.07) is 13.6. The number of amides is 1. The summed E-state index contributed by atoms with van der Waals surface area (Å²) in [5.74, 6) is 1.48. The van der Waals surface area contributed by atoms with Crippen LogP contribution in [0.5, 0.6) is 11.5 Å². The smallest absolute Gasteiger partial charge is 0.264 e. The Hall–Kier alpha value is -2.49. The van der Waals surface area contributed by atoms with E-state index in [1.54, 1.807) is 19.1 Å². The first-order valence-corrected chi connectivity index (χ1v) is 6.37. The quantitative estimate of drug-likeness (QED) is 0.841. The third-order valence-corrected chi connectivity index (χ3v) is 3.46. The highest BCUT2D eigenvalue weighted by atomic mass is 16.5. The molecule has 2 aromatic rings. The van der Waals surface area contributed by atoms with Gasteiger partial charge in [-0.2, -0.15) is 0 Å². The summed E-state index contributed by atoms with van der Waals surface area (Å²) in [6.07, 6.45) is 0. The number of benzene rings is 2. The molecule has 102 valence electrons. The van der Waals surface area contributed by atoms with E-state index in [-0.39, 0.29) is 12.5 Å². The molecule has 4 heteroatoms. The van der Waals surface area contributed by atoms with Gasteiger partial charge in [-0.15, -0.1) is 0 Å². The molecule has 4 nitrogen and oxygen atoms in total. The first-order valence-electron chi connectivity index (χ1n) is 6.37. The monoisotopic (exact) mass is 269 g/mol. The Morgan fingerprint density at radius 2 is 2.00 bits per heavy atom. The van der Waals surface area contributed by atoms with Gasteiger partial charge < -0.3 is 14.4 Å². The molecular formula is C16H15NO3. The molecule has 0 aromatic heterocycles. The summed E-state index contributed by atoms with van der Waals surface area (Å²) in [5, 5.41) is 0. The van der Waals surface area contributed by atoms with Gasteiger partial charge in [-0.1, -0.05) is 24.3 Å². The van der Waals surface area contributed by atoms with Crippen molar-refractivity contribution in [3.63, 3.8) is 0 Å². The van der Waals surface area contributed by atoms with Crippen LogP contribution in [0.3, 0.4) is 0 Å². The zero-order valence-corrected chi connectivity index (χ0v) is 11.4. The second-order valence-electron chi connectivity index (χ2n) is 4.62. The van der Waals surface area contributed by atoms with E-state index in [4.69, 9.17) is 9.47 Å². The number of likely N-dealkylation sites (N-methyl/N-ethyl adjacent to an activating group) is 1. The average molecular weight is 269 g/mol. The summed E-state index contributed by atoms with van der Waals surface area (Å²) in [4.78, 5) is 13.3. The van der Waals surface area contributed by atoms with Crippen molar-refractivity contribution in [2.45, 2.75) is 0 Å².